The van der Waals surface area contributed by atoms with E-state index in [-0.39, 0.29) is 6.10 Å². The van der Waals surface area contributed by atoms with Crippen LogP contribution >= 0.6 is 0 Å². The lowest BCUT2D eigenvalue weighted by molar-refractivity contribution is -0.144. The van der Waals surface area contributed by atoms with Crippen molar-refractivity contribution in [3.8, 4) is 0 Å². The summed E-state index contributed by atoms with van der Waals surface area (Å²) < 4.78 is 10.6. The fourth-order valence-electron chi connectivity index (χ4n) is 3.26. The highest BCUT2D eigenvalue weighted by atomic mass is 16.5. The first-order chi connectivity index (χ1) is 13.6. The third kappa shape index (κ3) is 15.7. The Morgan fingerprint density at radius 1 is 0.714 bits per heavy atom. The van der Waals surface area contributed by atoms with Crippen LogP contribution in [0.25, 0.3) is 0 Å². The third-order valence-corrected chi connectivity index (χ3v) is 5.39. The standard InChI is InChI=1S/C24H44O4/c1-5-9-10-11-12-13-14-15-20-27-23(25)18-19-24(26)28-22(8-4)17-16-21(6-2)7-3/h18-19,21-22H,5-17,20H2,1-4H3/b19-18+. The van der Waals surface area contributed by atoms with E-state index in [1.54, 1.807) is 0 Å². The number of carbonyl (C=O) groups is 2. The van der Waals surface area contributed by atoms with Crippen molar-refractivity contribution in [2.24, 2.45) is 5.92 Å². The summed E-state index contributed by atoms with van der Waals surface area (Å²) in [7, 11) is 0. The maximum atomic E-state index is 11.9. The second-order valence-corrected chi connectivity index (χ2v) is 7.70. The number of hydrogen-bond acceptors (Lipinski definition) is 4. The van der Waals surface area contributed by atoms with Crippen LogP contribution < -0.4 is 0 Å². The smallest absolute Gasteiger partial charge is 0.331 e. The van der Waals surface area contributed by atoms with Crippen molar-refractivity contribution in [2.75, 3.05) is 6.61 Å². The maximum Gasteiger partial charge on any atom is 0.331 e. The van der Waals surface area contributed by atoms with Gasteiger partial charge in [-0.1, -0.05) is 85.5 Å². The lowest BCUT2D eigenvalue weighted by atomic mass is 9.95. The van der Waals surface area contributed by atoms with Crippen LogP contribution in [0.3, 0.4) is 0 Å². The fraction of sp³-hybridized carbons (Fsp3) is 0.833. The molecule has 0 spiro atoms. The van der Waals surface area contributed by atoms with Gasteiger partial charge in [0.25, 0.3) is 0 Å². The molecule has 0 fully saturated rings. The summed E-state index contributed by atoms with van der Waals surface area (Å²) in [6, 6.07) is 0. The summed E-state index contributed by atoms with van der Waals surface area (Å²) in [6.45, 7) is 9.05. The van der Waals surface area contributed by atoms with Crippen molar-refractivity contribution < 1.29 is 19.1 Å². The second-order valence-electron chi connectivity index (χ2n) is 7.70. The van der Waals surface area contributed by atoms with Gasteiger partial charge in [-0.3, -0.25) is 0 Å². The molecule has 1 unspecified atom stereocenters. The van der Waals surface area contributed by atoms with Crippen molar-refractivity contribution in [3.63, 3.8) is 0 Å². The Morgan fingerprint density at radius 3 is 1.86 bits per heavy atom. The topological polar surface area (TPSA) is 52.6 Å². The molecule has 0 aromatic rings. The van der Waals surface area contributed by atoms with Crippen LogP contribution in [0.1, 0.15) is 111 Å². The normalized spacial score (nSPS) is 12.5. The Hall–Kier alpha value is -1.32. The highest BCUT2D eigenvalue weighted by Crippen LogP contribution is 2.18. The van der Waals surface area contributed by atoms with E-state index >= 15 is 0 Å². The fourth-order valence-corrected chi connectivity index (χ4v) is 3.26. The quantitative estimate of drug-likeness (QED) is 0.146. The molecule has 0 saturated heterocycles. The van der Waals surface area contributed by atoms with Gasteiger partial charge in [0, 0.05) is 12.2 Å². The summed E-state index contributed by atoms with van der Waals surface area (Å²) in [5.41, 5.74) is 0. The molecule has 1 atom stereocenters. The lowest BCUT2D eigenvalue weighted by Crippen LogP contribution is -2.17. The molecule has 0 bridgehead atoms. The van der Waals surface area contributed by atoms with E-state index in [0.29, 0.717) is 12.5 Å². The van der Waals surface area contributed by atoms with Crippen LogP contribution in [0.15, 0.2) is 12.2 Å². The highest BCUT2D eigenvalue weighted by molar-refractivity contribution is 5.91. The van der Waals surface area contributed by atoms with Gasteiger partial charge >= 0.3 is 11.9 Å². The van der Waals surface area contributed by atoms with Crippen LogP contribution in [0, 0.1) is 5.92 Å². The van der Waals surface area contributed by atoms with E-state index in [0.717, 1.165) is 44.9 Å². The Morgan fingerprint density at radius 2 is 1.29 bits per heavy atom. The molecule has 0 aliphatic rings. The Bertz CT molecular complexity index is 413. The summed E-state index contributed by atoms with van der Waals surface area (Å²) >= 11 is 0. The van der Waals surface area contributed by atoms with E-state index < -0.39 is 11.9 Å². The summed E-state index contributed by atoms with van der Waals surface area (Å²) in [5.74, 6) is -0.236. The summed E-state index contributed by atoms with van der Waals surface area (Å²) in [5, 5.41) is 0. The van der Waals surface area contributed by atoms with E-state index in [1.165, 1.54) is 50.7 Å². The first-order valence-electron chi connectivity index (χ1n) is 11.6. The Balaban J connectivity index is 3.86. The molecule has 4 heteroatoms. The minimum absolute atomic E-state index is 0.0777. The lowest BCUT2D eigenvalue weighted by Gasteiger charge is -2.18. The Kier molecular flexibility index (Phi) is 18.1. The van der Waals surface area contributed by atoms with Crippen LogP contribution in [-0.4, -0.2) is 24.6 Å². The zero-order valence-corrected chi connectivity index (χ0v) is 18.8. The number of esters is 2. The van der Waals surface area contributed by atoms with Crippen molar-refractivity contribution >= 4 is 11.9 Å². The molecule has 164 valence electrons. The maximum absolute atomic E-state index is 11.9. The van der Waals surface area contributed by atoms with Crippen LogP contribution in [0.4, 0.5) is 0 Å². The van der Waals surface area contributed by atoms with Crippen LogP contribution in [-0.2, 0) is 19.1 Å². The minimum atomic E-state index is -0.468. The average Bonchev–Trinajstić information content (AvgIpc) is 2.70. The van der Waals surface area contributed by atoms with Gasteiger partial charge in [0.05, 0.1) is 6.61 Å². The van der Waals surface area contributed by atoms with Crippen LogP contribution in [0.2, 0.25) is 0 Å². The molecule has 0 rings (SSSR count). The van der Waals surface area contributed by atoms with Gasteiger partial charge in [0.15, 0.2) is 0 Å². The molecule has 0 radical (unpaired) electrons. The van der Waals surface area contributed by atoms with Crippen LogP contribution in [0.5, 0.6) is 0 Å². The van der Waals surface area contributed by atoms with Gasteiger partial charge < -0.3 is 9.47 Å². The molecule has 0 saturated carbocycles. The molecule has 4 nitrogen and oxygen atoms in total. The molecule has 0 aliphatic carbocycles. The van der Waals surface area contributed by atoms with Gasteiger partial charge in [-0.05, 0) is 31.6 Å². The first kappa shape index (κ1) is 26.7. The van der Waals surface area contributed by atoms with Gasteiger partial charge in [-0.2, -0.15) is 0 Å². The summed E-state index contributed by atoms with van der Waals surface area (Å²) in [4.78, 5) is 23.6. The zero-order chi connectivity index (χ0) is 21.0. The average molecular weight is 397 g/mol. The Labute approximate surface area is 173 Å². The molecule has 28 heavy (non-hydrogen) atoms. The zero-order valence-electron chi connectivity index (χ0n) is 18.8. The predicted molar refractivity (Wildman–Crippen MR) is 116 cm³/mol. The van der Waals surface area contributed by atoms with E-state index in [4.69, 9.17) is 9.47 Å². The largest absolute Gasteiger partial charge is 0.463 e. The van der Waals surface area contributed by atoms with E-state index in [9.17, 15) is 9.59 Å². The number of carbonyl (C=O) groups excluding carboxylic acids is 2. The van der Waals surface area contributed by atoms with Gasteiger partial charge in [-0.15, -0.1) is 0 Å². The molecule has 0 N–H and O–H groups in total. The molecule has 0 aromatic heterocycles. The third-order valence-electron chi connectivity index (χ3n) is 5.39. The molecule has 0 amide bonds. The van der Waals surface area contributed by atoms with Gasteiger partial charge in [0.2, 0.25) is 0 Å². The van der Waals surface area contributed by atoms with Crippen molar-refractivity contribution in [1.82, 2.24) is 0 Å². The monoisotopic (exact) mass is 396 g/mol. The van der Waals surface area contributed by atoms with Gasteiger partial charge in [0.1, 0.15) is 6.10 Å². The SMILES string of the molecule is CCCCCCCCCCOC(=O)/C=C/C(=O)OC(CC)CCC(CC)CC. The number of hydrogen-bond donors (Lipinski definition) is 0. The predicted octanol–water partition coefficient (Wildman–Crippen LogP) is 6.76. The van der Waals surface area contributed by atoms with E-state index in [1.807, 2.05) is 6.92 Å². The molecular weight excluding hydrogens is 352 g/mol. The van der Waals surface area contributed by atoms with Crippen molar-refractivity contribution in [1.29, 1.82) is 0 Å². The van der Waals surface area contributed by atoms with E-state index in [2.05, 4.69) is 20.8 Å². The van der Waals surface area contributed by atoms with Crippen molar-refractivity contribution in [3.05, 3.63) is 12.2 Å². The molecular formula is C24H44O4. The minimum Gasteiger partial charge on any atom is -0.463 e. The highest BCUT2D eigenvalue weighted by Gasteiger charge is 2.13. The molecule has 0 heterocycles. The second kappa shape index (κ2) is 19.0. The number of rotatable bonds is 18. The van der Waals surface area contributed by atoms with Gasteiger partial charge in [-0.25, -0.2) is 9.59 Å². The van der Waals surface area contributed by atoms with Crippen molar-refractivity contribution in [2.45, 2.75) is 117 Å². The first-order valence-corrected chi connectivity index (χ1v) is 11.6. The number of ether oxygens (including phenoxy) is 2. The number of unbranched alkanes of at least 4 members (excludes halogenated alkanes) is 7. The molecule has 0 aliphatic heterocycles. The molecule has 0 aromatic carbocycles. The summed E-state index contributed by atoms with van der Waals surface area (Å²) in [6.07, 6.45) is 17.0.